The maximum absolute atomic E-state index is 13.2. The minimum atomic E-state index is -0.896. The van der Waals surface area contributed by atoms with Gasteiger partial charge in [0.2, 0.25) is 0 Å². The van der Waals surface area contributed by atoms with E-state index in [1.165, 1.54) is 11.2 Å². The summed E-state index contributed by atoms with van der Waals surface area (Å²) in [5.41, 5.74) is 2.72. The molecule has 2 heterocycles. The minimum Gasteiger partial charge on any atom is -0.507 e. The maximum atomic E-state index is 13.2. The number of rotatable bonds is 7. The minimum absolute atomic E-state index is 0.0168. The Labute approximate surface area is 205 Å². The Hall–Kier alpha value is -4.00. The van der Waals surface area contributed by atoms with E-state index >= 15 is 0 Å². The van der Waals surface area contributed by atoms with Gasteiger partial charge in [-0.05, 0) is 73.0 Å². The molecule has 1 aromatic heterocycles. The number of ketones is 1. The van der Waals surface area contributed by atoms with Crippen molar-refractivity contribution in [3.63, 3.8) is 0 Å². The van der Waals surface area contributed by atoms with Gasteiger partial charge in [0, 0.05) is 31.0 Å². The van der Waals surface area contributed by atoms with Crippen LogP contribution in [-0.2, 0) is 9.59 Å². The van der Waals surface area contributed by atoms with E-state index in [9.17, 15) is 14.7 Å². The van der Waals surface area contributed by atoms with E-state index in [1.54, 1.807) is 42.5 Å². The Kier molecular flexibility index (Phi) is 6.69. The standard InChI is InChI=1S/C28H30N2O5/c1-17(2)16-35-22-13-8-19(15-18(22)3)26(31)24-25(23-7-6-14-34-23)30(28(33)27(24)32)21-11-9-20(10-12-21)29(4)5/h6-15,17,25,31H,16H2,1-5H3/b26-24-. The van der Waals surface area contributed by atoms with Gasteiger partial charge in [0.15, 0.2) is 0 Å². The predicted molar refractivity (Wildman–Crippen MR) is 136 cm³/mol. The summed E-state index contributed by atoms with van der Waals surface area (Å²) in [6.45, 7) is 6.58. The van der Waals surface area contributed by atoms with Crippen molar-refractivity contribution in [3.05, 3.63) is 83.3 Å². The molecule has 182 valence electrons. The first kappa shape index (κ1) is 24.1. The van der Waals surface area contributed by atoms with Crippen LogP contribution in [0.4, 0.5) is 11.4 Å². The third-order valence-corrected chi connectivity index (χ3v) is 5.92. The molecule has 0 spiro atoms. The molecule has 0 radical (unpaired) electrons. The second-order valence-electron chi connectivity index (χ2n) is 9.28. The highest BCUT2D eigenvalue weighted by Crippen LogP contribution is 2.42. The molecule has 1 fully saturated rings. The number of carbonyl (C=O) groups is 2. The summed E-state index contributed by atoms with van der Waals surface area (Å²) in [7, 11) is 3.84. The molecule has 1 amide bonds. The van der Waals surface area contributed by atoms with Crippen molar-refractivity contribution in [1.29, 1.82) is 0 Å². The van der Waals surface area contributed by atoms with Crippen LogP contribution in [0.5, 0.6) is 5.75 Å². The first-order valence-electron chi connectivity index (χ1n) is 11.5. The number of hydrogen-bond donors (Lipinski definition) is 1. The summed E-state index contributed by atoms with van der Waals surface area (Å²) in [5, 5.41) is 11.3. The Bertz CT molecular complexity index is 1260. The smallest absolute Gasteiger partial charge is 0.300 e. The van der Waals surface area contributed by atoms with Crippen LogP contribution in [0.25, 0.3) is 5.76 Å². The molecule has 1 aliphatic heterocycles. The third kappa shape index (κ3) is 4.67. The number of aryl methyl sites for hydroxylation is 1. The number of benzene rings is 2. The fraction of sp³-hybridized carbons (Fsp3) is 0.286. The molecule has 4 rings (SSSR count). The molecule has 1 atom stereocenters. The number of carbonyl (C=O) groups excluding carboxylic acids is 2. The average molecular weight is 475 g/mol. The normalized spacial score (nSPS) is 17.3. The van der Waals surface area contributed by atoms with Crippen LogP contribution < -0.4 is 14.5 Å². The molecule has 1 aliphatic rings. The second kappa shape index (κ2) is 9.70. The van der Waals surface area contributed by atoms with Gasteiger partial charge in [0.1, 0.15) is 23.3 Å². The molecule has 2 aromatic carbocycles. The number of amides is 1. The van der Waals surface area contributed by atoms with Crippen LogP contribution >= 0.6 is 0 Å². The zero-order valence-electron chi connectivity index (χ0n) is 20.6. The van der Waals surface area contributed by atoms with Crippen molar-refractivity contribution in [2.75, 3.05) is 30.5 Å². The van der Waals surface area contributed by atoms with E-state index < -0.39 is 17.7 Å². The Morgan fingerprint density at radius 3 is 2.40 bits per heavy atom. The van der Waals surface area contributed by atoms with E-state index in [0.717, 1.165) is 11.3 Å². The van der Waals surface area contributed by atoms with Crippen molar-refractivity contribution < 1.29 is 23.8 Å². The summed E-state index contributed by atoms with van der Waals surface area (Å²) in [6.07, 6.45) is 1.48. The van der Waals surface area contributed by atoms with Crippen molar-refractivity contribution in [1.82, 2.24) is 0 Å². The van der Waals surface area contributed by atoms with Gasteiger partial charge < -0.3 is 19.2 Å². The molecule has 0 saturated carbocycles. The van der Waals surface area contributed by atoms with Crippen LogP contribution in [0.1, 0.15) is 36.8 Å². The monoisotopic (exact) mass is 474 g/mol. The highest BCUT2D eigenvalue weighted by Gasteiger charge is 2.48. The fourth-order valence-electron chi connectivity index (χ4n) is 4.10. The largest absolute Gasteiger partial charge is 0.507 e. The number of aliphatic hydroxyl groups is 1. The van der Waals surface area contributed by atoms with Gasteiger partial charge in [0.25, 0.3) is 11.7 Å². The van der Waals surface area contributed by atoms with Gasteiger partial charge >= 0.3 is 0 Å². The predicted octanol–water partition coefficient (Wildman–Crippen LogP) is 5.32. The van der Waals surface area contributed by atoms with Gasteiger partial charge in [0.05, 0.1) is 18.4 Å². The lowest BCUT2D eigenvalue weighted by Gasteiger charge is -2.24. The van der Waals surface area contributed by atoms with E-state index in [1.807, 2.05) is 38.1 Å². The summed E-state index contributed by atoms with van der Waals surface area (Å²) in [5.74, 6) is -0.276. The molecule has 1 N–H and O–H groups in total. The van der Waals surface area contributed by atoms with Gasteiger partial charge in [-0.15, -0.1) is 0 Å². The second-order valence-corrected chi connectivity index (χ2v) is 9.28. The molecular weight excluding hydrogens is 444 g/mol. The Morgan fingerprint density at radius 2 is 1.83 bits per heavy atom. The topological polar surface area (TPSA) is 83.2 Å². The fourth-order valence-corrected chi connectivity index (χ4v) is 4.10. The zero-order valence-corrected chi connectivity index (χ0v) is 20.6. The lowest BCUT2D eigenvalue weighted by Crippen LogP contribution is -2.29. The van der Waals surface area contributed by atoms with Gasteiger partial charge in [-0.2, -0.15) is 0 Å². The van der Waals surface area contributed by atoms with E-state index in [2.05, 4.69) is 13.8 Å². The third-order valence-electron chi connectivity index (χ3n) is 5.92. The number of aliphatic hydroxyl groups excluding tert-OH is 1. The van der Waals surface area contributed by atoms with Crippen LogP contribution in [0, 0.1) is 12.8 Å². The van der Waals surface area contributed by atoms with E-state index in [0.29, 0.717) is 35.3 Å². The van der Waals surface area contributed by atoms with Gasteiger partial charge in [-0.1, -0.05) is 13.8 Å². The van der Waals surface area contributed by atoms with Crippen molar-refractivity contribution in [2.45, 2.75) is 26.8 Å². The number of Topliss-reactive ketones (excluding diaryl/α,β-unsaturated/α-hetero) is 1. The summed E-state index contributed by atoms with van der Waals surface area (Å²) in [4.78, 5) is 29.8. The summed E-state index contributed by atoms with van der Waals surface area (Å²) < 4.78 is 11.5. The lowest BCUT2D eigenvalue weighted by molar-refractivity contribution is -0.132. The van der Waals surface area contributed by atoms with Crippen LogP contribution in [0.2, 0.25) is 0 Å². The first-order valence-corrected chi connectivity index (χ1v) is 11.5. The van der Waals surface area contributed by atoms with Crippen LogP contribution in [0.3, 0.4) is 0 Å². The number of furan rings is 1. The highest BCUT2D eigenvalue weighted by atomic mass is 16.5. The van der Waals surface area contributed by atoms with Crippen molar-refractivity contribution >= 4 is 28.8 Å². The first-order chi connectivity index (χ1) is 16.7. The van der Waals surface area contributed by atoms with Crippen LogP contribution in [-0.4, -0.2) is 37.5 Å². The molecule has 0 bridgehead atoms. The van der Waals surface area contributed by atoms with Crippen molar-refractivity contribution in [3.8, 4) is 5.75 Å². The number of hydrogen-bond acceptors (Lipinski definition) is 6. The molecule has 35 heavy (non-hydrogen) atoms. The maximum Gasteiger partial charge on any atom is 0.300 e. The average Bonchev–Trinajstić information content (AvgIpc) is 3.44. The van der Waals surface area contributed by atoms with Crippen LogP contribution in [0.15, 0.2) is 70.9 Å². The lowest BCUT2D eigenvalue weighted by atomic mass is 9.98. The van der Waals surface area contributed by atoms with Gasteiger partial charge in [-0.3, -0.25) is 14.5 Å². The molecule has 1 saturated heterocycles. The summed E-state index contributed by atoms with van der Waals surface area (Å²) in [6, 6.07) is 15.0. The molecular formula is C28H30N2O5. The van der Waals surface area contributed by atoms with E-state index in [-0.39, 0.29) is 11.3 Å². The molecule has 3 aromatic rings. The molecule has 7 nitrogen and oxygen atoms in total. The summed E-state index contributed by atoms with van der Waals surface area (Å²) >= 11 is 0. The number of anilines is 2. The van der Waals surface area contributed by atoms with E-state index in [4.69, 9.17) is 9.15 Å². The van der Waals surface area contributed by atoms with Gasteiger partial charge in [-0.25, -0.2) is 0 Å². The quantitative estimate of drug-likeness (QED) is 0.284. The SMILES string of the molecule is Cc1cc(/C(O)=C2/C(=O)C(=O)N(c3ccc(N(C)C)cc3)C2c2ccco2)ccc1OCC(C)C. The highest BCUT2D eigenvalue weighted by molar-refractivity contribution is 6.51. The Morgan fingerprint density at radius 1 is 1.11 bits per heavy atom. The Balaban J connectivity index is 1.79. The molecule has 1 unspecified atom stereocenters. The number of nitrogens with zero attached hydrogens (tertiary/aromatic N) is 2. The number of ether oxygens (including phenoxy) is 1. The zero-order chi connectivity index (χ0) is 25.3. The van der Waals surface area contributed by atoms with Crippen molar-refractivity contribution in [2.24, 2.45) is 5.92 Å². The molecule has 7 heteroatoms. The molecule has 0 aliphatic carbocycles.